The maximum atomic E-state index is 3.49. The molecule has 2 heteroatoms. The van der Waals surface area contributed by atoms with Crippen molar-refractivity contribution in [1.29, 1.82) is 0 Å². The molecule has 90 valence electrons. The predicted molar refractivity (Wildman–Crippen MR) is 67.2 cm³/mol. The molecule has 1 atom stereocenters. The molecule has 15 heavy (non-hydrogen) atoms. The van der Waals surface area contributed by atoms with E-state index in [1.807, 2.05) is 0 Å². The lowest BCUT2D eigenvalue weighted by Crippen LogP contribution is -2.39. The molecule has 0 radical (unpaired) electrons. The van der Waals surface area contributed by atoms with Crippen LogP contribution in [0.2, 0.25) is 0 Å². The average Bonchev–Trinajstić information content (AvgIpc) is 2.28. The standard InChI is InChI=1S/C13H28N2/c1-5-14-12(2)11-15-9-6-7-13(3,4)8-10-15/h12,14H,5-11H2,1-4H3. The molecule has 0 aliphatic carbocycles. The second-order valence-electron chi connectivity index (χ2n) is 5.78. The number of hydrogen-bond donors (Lipinski definition) is 1. The molecule has 1 N–H and O–H groups in total. The van der Waals surface area contributed by atoms with Crippen LogP contribution in [-0.4, -0.2) is 37.1 Å². The minimum absolute atomic E-state index is 0.566. The molecule has 0 aromatic heterocycles. The van der Waals surface area contributed by atoms with Crippen LogP contribution in [0.4, 0.5) is 0 Å². The zero-order valence-electron chi connectivity index (χ0n) is 11.0. The van der Waals surface area contributed by atoms with Crippen molar-refractivity contribution in [1.82, 2.24) is 10.2 Å². The summed E-state index contributed by atoms with van der Waals surface area (Å²) in [5.41, 5.74) is 0.566. The normalized spacial score (nSPS) is 24.8. The van der Waals surface area contributed by atoms with Gasteiger partial charge >= 0.3 is 0 Å². The van der Waals surface area contributed by atoms with E-state index in [2.05, 4.69) is 37.9 Å². The number of likely N-dealkylation sites (N-methyl/N-ethyl adjacent to an activating group) is 1. The van der Waals surface area contributed by atoms with Gasteiger partial charge in [0.25, 0.3) is 0 Å². The van der Waals surface area contributed by atoms with Gasteiger partial charge in [0.1, 0.15) is 0 Å². The van der Waals surface area contributed by atoms with E-state index in [0.29, 0.717) is 11.5 Å². The van der Waals surface area contributed by atoms with Gasteiger partial charge in [-0.3, -0.25) is 0 Å². The Kier molecular flexibility index (Phi) is 5.07. The Labute approximate surface area is 95.4 Å². The molecule has 2 nitrogen and oxygen atoms in total. The van der Waals surface area contributed by atoms with Crippen LogP contribution >= 0.6 is 0 Å². The summed E-state index contributed by atoms with van der Waals surface area (Å²) in [6.07, 6.45) is 4.11. The van der Waals surface area contributed by atoms with E-state index < -0.39 is 0 Å². The molecule has 0 aromatic rings. The van der Waals surface area contributed by atoms with Gasteiger partial charge in [0.2, 0.25) is 0 Å². The molecule has 0 spiro atoms. The van der Waals surface area contributed by atoms with E-state index in [4.69, 9.17) is 0 Å². The molecule has 0 bridgehead atoms. The lowest BCUT2D eigenvalue weighted by Gasteiger charge is -2.25. The second kappa shape index (κ2) is 5.86. The quantitative estimate of drug-likeness (QED) is 0.770. The van der Waals surface area contributed by atoms with Gasteiger partial charge in [-0.05, 0) is 51.2 Å². The molecule has 0 aromatic carbocycles. The highest BCUT2D eigenvalue weighted by atomic mass is 15.1. The summed E-state index contributed by atoms with van der Waals surface area (Å²) >= 11 is 0. The van der Waals surface area contributed by atoms with Crippen molar-refractivity contribution < 1.29 is 0 Å². The van der Waals surface area contributed by atoms with Crippen LogP contribution < -0.4 is 5.32 Å². The third-order valence-electron chi connectivity index (χ3n) is 3.52. The van der Waals surface area contributed by atoms with E-state index in [-0.39, 0.29) is 0 Å². The fourth-order valence-electron chi connectivity index (χ4n) is 2.46. The Morgan fingerprint density at radius 1 is 1.27 bits per heavy atom. The van der Waals surface area contributed by atoms with Gasteiger partial charge in [0.05, 0.1) is 0 Å². The van der Waals surface area contributed by atoms with Crippen molar-refractivity contribution in [2.45, 2.75) is 53.0 Å². The Balaban J connectivity index is 2.31. The van der Waals surface area contributed by atoms with Crippen molar-refractivity contribution in [3.05, 3.63) is 0 Å². The average molecular weight is 212 g/mol. The Morgan fingerprint density at radius 2 is 2.00 bits per heavy atom. The lowest BCUT2D eigenvalue weighted by molar-refractivity contribution is 0.242. The van der Waals surface area contributed by atoms with Crippen molar-refractivity contribution in [3.63, 3.8) is 0 Å². The molecular formula is C13H28N2. The van der Waals surface area contributed by atoms with Gasteiger partial charge in [-0.25, -0.2) is 0 Å². The van der Waals surface area contributed by atoms with Crippen molar-refractivity contribution in [2.24, 2.45) is 5.41 Å². The minimum atomic E-state index is 0.566. The molecule has 1 fully saturated rings. The van der Waals surface area contributed by atoms with Gasteiger partial charge in [-0.15, -0.1) is 0 Å². The van der Waals surface area contributed by atoms with Crippen LogP contribution in [0.5, 0.6) is 0 Å². The van der Waals surface area contributed by atoms with E-state index in [1.54, 1.807) is 0 Å². The Bertz CT molecular complexity index is 177. The maximum Gasteiger partial charge on any atom is 0.0166 e. The molecule has 1 rings (SSSR count). The largest absolute Gasteiger partial charge is 0.313 e. The highest BCUT2D eigenvalue weighted by molar-refractivity contribution is 4.77. The van der Waals surface area contributed by atoms with Gasteiger partial charge in [0.15, 0.2) is 0 Å². The summed E-state index contributed by atoms with van der Waals surface area (Å²) in [6, 6.07) is 0.635. The van der Waals surface area contributed by atoms with Gasteiger partial charge in [-0.1, -0.05) is 20.8 Å². The highest BCUT2D eigenvalue weighted by Gasteiger charge is 2.23. The van der Waals surface area contributed by atoms with Crippen molar-refractivity contribution in [3.8, 4) is 0 Å². The zero-order chi connectivity index (χ0) is 11.3. The first-order chi connectivity index (χ1) is 7.03. The summed E-state index contributed by atoms with van der Waals surface area (Å²) < 4.78 is 0. The number of nitrogens with one attached hydrogen (secondary N) is 1. The van der Waals surface area contributed by atoms with Crippen LogP contribution in [0.3, 0.4) is 0 Å². The third-order valence-corrected chi connectivity index (χ3v) is 3.52. The SMILES string of the molecule is CCNC(C)CN1CCCC(C)(C)CC1. The first-order valence-electron chi connectivity index (χ1n) is 6.49. The fourth-order valence-corrected chi connectivity index (χ4v) is 2.46. The molecule has 1 aliphatic rings. The number of rotatable bonds is 4. The highest BCUT2D eigenvalue weighted by Crippen LogP contribution is 2.29. The Morgan fingerprint density at radius 3 is 2.67 bits per heavy atom. The molecule has 1 saturated heterocycles. The number of hydrogen-bond acceptors (Lipinski definition) is 2. The summed E-state index contributed by atoms with van der Waals surface area (Å²) in [6.45, 7) is 14.2. The van der Waals surface area contributed by atoms with Gasteiger partial charge in [-0.2, -0.15) is 0 Å². The van der Waals surface area contributed by atoms with E-state index >= 15 is 0 Å². The number of nitrogens with zero attached hydrogens (tertiary/aromatic N) is 1. The van der Waals surface area contributed by atoms with Crippen LogP contribution in [0.1, 0.15) is 47.0 Å². The summed E-state index contributed by atoms with van der Waals surface area (Å²) in [7, 11) is 0. The molecule has 1 aliphatic heterocycles. The van der Waals surface area contributed by atoms with E-state index in [1.165, 1.54) is 38.9 Å². The van der Waals surface area contributed by atoms with E-state index in [0.717, 1.165) is 6.54 Å². The summed E-state index contributed by atoms with van der Waals surface area (Å²) in [4.78, 5) is 2.63. The van der Waals surface area contributed by atoms with Crippen molar-refractivity contribution >= 4 is 0 Å². The minimum Gasteiger partial charge on any atom is -0.313 e. The molecule has 1 unspecified atom stereocenters. The zero-order valence-corrected chi connectivity index (χ0v) is 11.0. The number of likely N-dealkylation sites (tertiary alicyclic amines) is 1. The lowest BCUT2D eigenvalue weighted by atomic mass is 9.85. The summed E-state index contributed by atoms with van der Waals surface area (Å²) in [5, 5.41) is 3.49. The smallest absolute Gasteiger partial charge is 0.0166 e. The monoisotopic (exact) mass is 212 g/mol. The van der Waals surface area contributed by atoms with Crippen LogP contribution in [0, 0.1) is 5.41 Å². The van der Waals surface area contributed by atoms with E-state index in [9.17, 15) is 0 Å². The predicted octanol–water partition coefficient (Wildman–Crippen LogP) is 2.50. The molecule has 0 saturated carbocycles. The Hall–Kier alpha value is -0.0800. The topological polar surface area (TPSA) is 15.3 Å². The summed E-state index contributed by atoms with van der Waals surface area (Å²) in [5.74, 6) is 0. The molecular weight excluding hydrogens is 184 g/mol. The van der Waals surface area contributed by atoms with Crippen LogP contribution in [0.25, 0.3) is 0 Å². The fraction of sp³-hybridized carbons (Fsp3) is 1.00. The van der Waals surface area contributed by atoms with Gasteiger partial charge in [0, 0.05) is 12.6 Å². The molecule has 0 amide bonds. The van der Waals surface area contributed by atoms with Crippen LogP contribution in [0.15, 0.2) is 0 Å². The first-order valence-corrected chi connectivity index (χ1v) is 6.49. The van der Waals surface area contributed by atoms with Crippen LogP contribution in [-0.2, 0) is 0 Å². The third kappa shape index (κ3) is 4.98. The molecule has 1 heterocycles. The maximum absolute atomic E-state index is 3.49. The second-order valence-corrected chi connectivity index (χ2v) is 5.78. The van der Waals surface area contributed by atoms with Crippen molar-refractivity contribution in [2.75, 3.05) is 26.2 Å². The first kappa shape index (κ1) is 13.0. The van der Waals surface area contributed by atoms with Gasteiger partial charge < -0.3 is 10.2 Å².